The van der Waals surface area contributed by atoms with Crippen LogP contribution in [-0.4, -0.2) is 24.6 Å². The molecule has 0 aliphatic heterocycles. The number of rotatable bonds is 4. The minimum atomic E-state index is -4.50. The Bertz CT molecular complexity index is 1090. The first-order valence-electron chi connectivity index (χ1n) is 7.66. The molecule has 0 fully saturated rings. The zero-order chi connectivity index (χ0) is 19.0. The standard InChI is InChI=1S/C16H12F3N7S/c17-16(18,19)11-8-12(25-24-11)21-14-23-15(22-13-2-1-7-26(13)14)27-10-5-3-9(20)4-6-10/h1-8H,20H2,(H2,21,22,23,24,25). The minimum absolute atomic E-state index is 0.000500. The van der Waals surface area contributed by atoms with Gasteiger partial charge in [0.05, 0.1) is 0 Å². The molecule has 0 bridgehead atoms. The van der Waals surface area contributed by atoms with Gasteiger partial charge >= 0.3 is 6.18 Å². The average Bonchev–Trinajstić information content (AvgIpc) is 3.26. The number of alkyl halides is 3. The molecule has 0 aliphatic carbocycles. The van der Waals surface area contributed by atoms with Gasteiger partial charge in [0, 0.05) is 22.8 Å². The summed E-state index contributed by atoms with van der Waals surface area (Å²) < 4.78 is 39.8. The Kier molecular flexibility index (Phi) is 4.15. The van der Waals surface area contributed by atoms with Gasteiger partial charge in [-0.25, -0.2) is 4.98 Å². The maximum absolute atomic E-state index is 12.7. The summed E-state index contributed by atoms with van der Waals surface area (Å²) in [5.41, 5.74) is 5.97. The number of aromatic nitrogens is 5. The summed E-state index contributed by atoms with van der Waals surface area (Å²) in [6.07, 6.45) is -2.80. The molecule has 7 nitrogen and oxygen atoms in total. The van der Waals surface area contributed by atoms with Crippen LogP contribution in [0.1, 0.15) is 5.69 Å². The topological polar surface area (TPSA) is 96.9 Å². The SMILES string of the molecule is Nc1ccc(Sc2nc(Nc3cc(C(F)(F)F)[nH]n3)n3cccc3n2)cc1. The highest BCUT2D eigenvalue weighted by Gasteiger charge is 2.33. The van der Waals surface area contributed by atoms with E-state index in [9.17, 15) is 13.2 Å². The third kappa shape index (κ3) is 3.67. The molecule has 0 saturated carbocycles. The van der Waals surface area contributed by atoms with E-state index in [1.807, 2.05) is 17.2 Å². The van der Waals surface area contributed by atoms with Crippen LogP contribution in [0.5, 0.6) is 0 Å². The predicted octanol–water partition coefficient (Wildman–Crippen LogP) is 3.95. The van der Waals surface area contributed by atoms with E-state index in [-0.39, 0.29) is 5.82 Å². The van der Waals surface area contributed by atoms with Crippen molar-refractivity contribution in [3.63, 3.8) is 0 Å². The average molecular weight is 391 g/mol. The molecule has 11 heteroatoms. The summed E-state index contributed by atoms with van der Waals surface area (Å²) >= 11 is 1.31. The van der Waals surface area contributed by atoms with E-state index >= 15 is 0 Å². The molecule has 27 heavy (non-hydrogen) atoms. The van der Waals surface area contributed by atoms with Gasteiger partial charge in [0.2, 0.25) is 5.95 Å². The Balaban J connectivity index is 1.66. The monoisotopic (exact) mass is 391 g/mol. The van der Waals surface area contributed by atoms with Crippen LogP contribution in [0.15, 0.2) is 58.7 Å². The fourth-order valence-electron chi connectivity index (χ4n) is 2.33. The number of H-pyrrole nitrogens is 1. The predicted molar refractivity (Wildman–Crippen MR) is 94.8 cm³/mol. The van der Waals surface area contributed by atoms with Crippen molar-refractivity contribution >= 4 is 34.9 Å². The zero-order valence-electron chi connectivity index (χ0n) is 13.5. The van der Waals surface area contributed by atoms with Crippen LogP contribution in [0.25, 0.3) is 5.65 Å². The van der Waals surface area contributed by atoms with Gasteiger partial charge in [0.15, 0.2) is 11.0 Å². The van der Waals surface area contributed by atoms with E-state index in [0.29, 0.717) is 22.4 Å². The van der Waals surface area contributed by atoms with Crippen molar-refractivity contribution in [3.05, 3.63) is 54.4 Å². The third-order valence-corrected chi connectivity index (χ3v) is 4.45. The van der Waals surface area contributed by atoms with Gasteiger partial charge in [0.1, 0.15) is 11.3 Å². The molecule has 1 aromatic carbocycles. The number of nitrogen functional groups attached to an aromatic ring is 1. The van der Waals surface area contributed by atoms with Gasteiger partial charge in [-0.15, -0.1) is 0 Å². The summed E-state index contributed by atoms with van der Waals surface area (Å²) in [5.74, 6) is 0.294. The molecule has 0 radical (unpaired) electrons. The number of hydrogen-bond acceptors (Lipinski definition) is 6. The van der Waals surface area contributed by atoms with Gasteiger partial charge in [0.25, 0.3) is 0 Å². The highest BCUT2D eigenvalue weighted by Crippen LogP contribution is 2.30. The van der Waals surface area contributed by atoms with Gasteiger partial charge in [-0.1, -0.05) is 0 Å². The van der Waals surface area contributed by atoms with E-state index in [4.69, 9.17) is 5.73 Å². The van der Waals surface area contributed by atoms with Crippen LogP contribution in [-0.2, 0) is 6.18 Å². The van der Waals surface area contributed by atoms with E-state index in [1.54, 1.807) is 34.9 Å². The van der Waals surface area contributed by atoms with Crippen molar-refractivity contribution in [3.8, 4) is 0 Å². The Hall–Kier alpha value is -3.21. The van der Waals surface area contributed by atoms with Crippen LogP contribution in [0.3, 0.4) is 0 Å². The van der Waals surface area contributed by atoms with Crippen LogP contribution in [0.2, 0.25) is 0 Å². The second-order valence-electron chi connectivity index (χ2n) is 5.53. The first kappa shape index (κ1) is 17.2. The van der Waals surface area contributed by atoms with Crippen LogP contribution < -0.4 is 11.1 Å². The Morgan fingerprint density at radius 2 is 1.89 bits per heavy atom. The molecule has 3 aromatic heterocycles. The smallest absolute Gasteiger partial charge is 0.399 e. The fraction of sp³-hybridized carbons (Fsp3) is 0.0625. The molecule has 0 saturated heterocycles. The van der Waals surface area contributed by atoms with Crippen molar-refractivity contribution in [1.29, 1.82) is 0 Å². The summed E-state index contributed by atoms with van der Waals surface area (Å²) in [4.78, 5) is 9.71. The lowest BCUT2D eigenvalue weighted by atomic mass is 10.3. The molecule has 0 spiro atoms. The van der Waals surface area contributed by atoms with Gasteiger partial charge < -0.3 is 11.1 Å². The number of benzene rings is 1. The van der Waals surface area contributed by atoms with Gasteiger partial charge in [-0.05, 0) is 48.2 Å². The maximum atomic E-state index is 12.7. The number of aromatic amines is 1. The molecule has 0 aliphatic rings. The van der Waals surface area contributed by atoms with E-state index in [1.165, 1.54) is 11.8 Å². The number of nitrogens with one attached hydrogen (secondary N) is 2. The summed E-state index contributed by atoms with van der Waals surface area (Å²) in [6, 6.07) is 11.6. The normalized spacial score (nSPS) is 11.8. The fourth-order valence-corrected chi connectivity index (χ4v) is 3.08. The molecule has 0 atom stereocenters. The zero-order valence-corrected chi connectivity index (χ0v) is 14.3. The molecule has 3 heterocycles. The second kappa shape index (κ2) is 6.50. The molecule has 4 N–H and O–H groups in total. The molecule has 4 rings (SSSR count). The molecule has 4 aromatic rings. The molecule has 0 amide bonds. The van der Waals surface area contributed by atoms with E-state index in [2.05, 4.69) is 20.4 Å². The summed E-state index contributed by atoms with van der Waals surface area (Å²) in [7, 11) is 0. The van der Waals surface area contributed by atoms with E-state index in [0.717, 1.165) is 11.0 Å². The van der Waals surface area contributed by atoms with Gasteiger partial charge in [-0.2, -0.15) is 23.3 Å². The number of hydrogen-bond donors (Lipinski definition) is 3. The number of nitrogens with two attached hydrogens (primary N) is 1. The van der Waals surface area contributed by atoms with E-state index < -0.39 is 11.9 Å². The molecule has 0 unspecified atom stereocenters. The Labute approximate surface area is 154 Å². The van der Waals surface area contributed by atoms with Crippen molar-refractivity contribution in [2.24, 2.45) is 0 Å². The second-order valence-corrected chi connectivity index (χ2v) is 6.57. The first-order chi connectivity index (χ1) is 12.9. The summed E-state index contributed by atoms with van der Waals surface area (Å²) in [5, 5.41) is 8.83. The van der Waals surface area contributed by atoms with Crippen LogP contribution in [0, 0.1) is 0 Å². The number of anilines is 3. The number of halogens is 3. The van der Waals surface area contributed by atoms with Gasteiger partial charge in [-0.3, -0.25) is 9.50 Å². The lowest BCUT2D eigenvalue weighted by Crippen LogP contribution is -2.05. The summed E-state index contributed by atoms with van der Waals surface area (Å²) in [6.45, 7) is 0. The number of nitrogens with zero attached hydrogens (tertiary/aromatic N) is 4. The Morgan fingerprint density at radius 1 is 1.11 bits per heavy atom. The van der Waals surface area contributed by atoms with Crippen molar-refractivity contribution in [1.82, 2.24) is 24.6 Å². The number of fused-ring (bicyclic) bond motifs is 1. The lowest BCUT2D eigenvalue weighted by Gasteiger charge is -2.08. The van der Waals surface area contributed by atoms with Crippen molar-refractivity contribution < 1.29 is 13.2 Å². The van der Waals surface area contributed by atoms with Crippen molar-refractivity contribution in [2.75, 3.05) is 11.1 Å². The maximum Gasteiger partial charge on any atom is 0.432 e. The van der Waals surface area contributed by atoms with Crippen LogP contribution >= 0.6 is 11.8 Å². The lowest BCUT2D eigenvalue weighted by molar-refractivity contribution is -0.141. The minimum Gasteiger partial charge on any atom is -0.399 e. The third-order valence-electron chi connectivity index (χ3n) is 3.58. The largest absolute Gasteiger partial charge is 0.432 e. The highest BCUT2D eigenvalue weighted by atomic mass is 32.2. The molecular formula is C16H12F3N7S. The Morgan fingerprint density at radius 3 is 2.59 bits per heavy atom. The van der Waals surface area contributed by atoms with Crippen molar-refractivity contribution in [2.45, 2.75) is 16.2 Å². The first-order valence-corrected chi connectivity index (χ1v) is 8.48. The quantitative estimate of drug-likeness (QED) is 0.456. The molecular weight excluding hydrogens is 379 g/mol. The van der Waals surface area contributed by atoms with Crippen LogP contribution in [0.4, 0.5) is 30.6 Å². The molecule has 138 valence electrons. The highest BCUT2D eigenvalue weighted by molar-refractivity contribution is 7.99.